The van der Waals surface area contributed by atoms with E-state index < -0.39 is 17.3 Å². The van der Waals surface area contributed by atoms with Crippen molar-refractivity contribution < 1.29 is 14.6 Å². The topological polar surface area (TPSA) is 113 Å². The van der Waals surface area contributed by atoms with E-state index in [1.54, 1.807) is 31.0 Å². The number of alkyl carbamates (subject to hydrolysis) is 1. The summed E-state index contributed by atoms with van der Waals surface area (Å²) in [7, 11) is 1.80. The summed E-state index contributed by atoms with van der Waals surface area (Å²) in [4.78, 5) is 16.9. The summed E-state index contributed by atoms with van der Waals surface area (Å²) in [6.45, 7) is 10.3. The number of carbonyl (C=O) groups excluding carboxylic acids is 1. The minimum absolute atomic E-state index is 0.142. The molecule has 1 aromatic heterocycles. The smallest absolute Gasteiger partial charge is 0.408 e. The molecular formula is C23H36N6O3. The maximum atomic E-state index is 12.4. The lowest BCUT2D eigenvalue weighted by Gasteiger charge is -2.25. The van der Waals surface area contributed by atoms with Crippen molar-refractivity contribution in [3.05, 3.63) is 53.9 Å². The number of nitrogens with zero attached hydrogens (tertiary/aromatic N) is 3. The number of ether oxygens (including phenoxy) is 1. The van der Waals surface area contributed by atoms with Crippen molar-refractivity contribution in [2.75, 3.05) is 19.6 Å². The quantitative estimate of drug-likeness (QED) is 0.367. The average molecular weight is 445 g/mol. The molecule has 0 saturated heterocycles. The first-order valence-corrected chi connectivity index (χ1v) is 10.8. The highest BCUT2D eigenvalue weighted by Gasteiger charge is 2.25. The fourth-order valence-corrected chi connectivity index (χ4v) is 2.95. The molecule has 2 unspecified atom stereocenters. The summed E-state index contributed by atoms with van der Waals surface area (Å²) in [5.74, 6) is 0.531. The largest absolute Gasteiger partial charge is 0.444 e. The zero-order valence-corrected chi connectivity index (χ0v) is 19.8. The average Bonchev–Trinajstić information content (AvgIpc) is 3.15. The van der Waals surface area contributed by atoms with E-state index in [1.165, 1.54) is 0 Å². The van der Waals surface area contributed by atoms with Crippen LogP contribution in [0.1, 0.15) is 51.8 Å². The van der Waals surface area contributed by atoms with Gasteiger partial charge >= 0.3 is 6.09 Å². The Morgan fingerprint density at radius 1 is 1.22 bits per heavy atom. The van der Waals surface area contributed by atoms with E-state index in [4.69, 9.17) is 4.74 Å². The van der Waals surface area contributed by atoms with E-state index >= 15 is 0 Å². The molecule has 2 rings (SSSR count). The van der Waals surface area contributed by atoms with Gasteiger partial charge in [-0.15, -0.1) is 0 Å². The van der Waals surface area contributed by atoms with Crippen molar-refractivity contribution in [1.82, 2.24) is 25.7 Å². The molecule has 176 valence electrons. The molecule has 0 spiro atoms. The van der Waals surface area contributed by atoms with Gasteiger partial charge < -0.3 is 25.8 Å². The summed E-state index contributed by atoms with van der Waals surface area (Å²) in [5.41, 5.74) is -0.130. The number of aryl methyl sites for hydroxylation is 1. The van der Waals surface area contributed by atoms with Crippen LogP contribution in [0.15, 0.2) is 47.7 Å². The van der Waals surface area contributed by atoms with Gasteiger partial charge in [-0.05, 0) is 40.2 Å². The Morgan fingerprint density at radius 2 is 1.91 bits per heavy atom. The van der Waals surface area contributed by atoms with Gasteiger partial charge in [0.25, 0.3) is 0 Å². The van der Waals surface area contributed by atoms with Crippen LogP contribution in [0.4, 0.5) is 4.79 Å². The second kappa shape index (κ2) is 11.0. The number of guanidine groups is 1. The third-order valence-electron chi connectivity index (χ3n) is 4.58. The summed E-state index contributed by atoms with van der Waals surface area (Å²) >= 11 is 0. The molecular weight excluding hydrogens is 408 g/mol. The zero-order valence-electron chi connectivity index (χ0n) is 19.8. The van der Waals surface area contributed by atoms with Crippen molar-refractivity contribution in [2.45, 2.75) is 51.9 Å². The van der Waals surface area contributed by atoms with Gasteiger partial charge in [0.15, 0.2) is 5.96 Å². The van der Waals surface area contributed by atoms with Crippen molar-refractivity contribution in [3.8, 4) is 0 Å². The Morgan fingerprint density at radius 3 is 2.47 bits per heavy atom. The van der Waals surface area contributed by atoms with Crippen LogP contribution in [0.25, 0.3) is 0 Å². The highest BCUT2D eigenvalue weighted by atomic mass is 16.6. The van der Waals surface area contributed by atoms with Crippen molar-refractivity contribution in [2.24, 2.45) is 12.0 Å². The standard InChI is InChI=1S/C23H36N6O3/c1-7-24-20(26-16-23(5,31)18-13-27-29(6)15-18)25-14-19(17-11-9-8-10-12-17)28-21(30)32-22(2,3)4/h8-13,15,19,31H,7,14,16H2,1-6H3,(H,28,30)(H2,24,25,26). The molecule has 0 saturated carbocycles. The molecule has 32 heavy (non-hydrogen) atoms. The normalized spacial score (nSPS) is 14.9. The molecule has 0 aliphatic rings. The highest BCUT2D eigenvalue weighted by molar-refractivity contribution is 5.80. The van der Waals surface area contributed by atoms with E-state index in [1.807, 2.05) is 58.0 Å². The minimum atomic E-state index is -1.16. The Bertz CT molecular complexity index is 887. The third kappa shape index (κ3) is 8.22. The monoisotopic (exact) mass is 444 g/mol. The Hall–Kier alpha value is -3.07. The maximum absolute atomic E-state index is 12.4. The lowest BCUT2D eigenvalue weighted by atomic mass is 10.0. The van der Waals surface area contributed by atoms with Crippen molar-refractivity contribution in [3.63, 3.8) is 0 Å². The van der Waals surface area contributed by atoms with E-state index in [0.717, 1.165) is 5.56 Å². The number of nitrogens with one attached hydrogen (secondary N) is 3. The van der Waals surface area contributed by atoms with Crippen LogP contribution < -0.4 is 16.0 Å². The van der Waals surface area contributed by atoms with Gasteiger partial charge in [0, 0.05) is 31.9 Å². The van der Waals surface area contributed by atoms with Gasteiger partial charge in [-0.25, -0.2) is 9.79 Å². The van der Waals surface area contributed by atoms with Gasteiger partial charge in [0.1, 0.15) is 11.2 Å². The SMILES string of the molecule is CCNC(=NCC(C)(O)c1cnn(C)c1)NCC(NC(=O)OC(C)(C)C)c1ccccc1. The number of carbonyl (C=O) groups is 1. The van der Waals surface area contributed by atoms with Gasteiger partial charge in [-0.2, -0.15) is 5.10 Å². The molecule has 4 N–H and O–H groups in total. The molecule has 0 aliphatic heterocycles. The van der Waals surface area contributed by atoms with Crippen LogP contribution in [0.2, 0.25) is 0 Å². The summed E-state index contributed by atoms with van der Waals surface area (Å²) in [5, 5.41) is 24.3. The molecule has 0 fully saturated rings. The first-order chi connectivity index (χ1) is 15.0. The van der Waals surface area contributed by atoms with Crippen molar-refractivity contribution in [1.29, 1.82) is 0 Å². The van der Waals surface area contributed by atoms with Gasteiger partial charge in [-0.3, -0.25) is 4.68 Å². The minimum Gasteiger partial charge on any atom is -0.444 e. The first-order valence-electron chi connectivity index (χ1n) is 10.8. The number of hydrogen-bond donors (Lipinski definition) is 4. The predicted octanol–water partition coefficient (Wildman–Crippen LogP) is 2.45. The molecule has 1 amide bonds. The van der Waals surface area contributed by atoms with Crippen LogP contribution in [-0.2, 0) is 17.4 Å². The summed E-state index contributed by atoms with van der Waals surface area (Å²) in [6, 6.07) is 9.32. The lowest BCUT2D eigenvalue weighted by Crippen LogP contribution is -2.44. The molecule has 0 aliphatic carbocycles. The summed E-state index contributed by atoms with van der Waals surface area (Å²) in [6.07, 6.45) is 2.91. The van der Waals surface area contributed by atoms with Crippen LogP contribution >= 0.6 is 0 Å². The van der Waals surface area contributed by atoms with Gasteiger partial charge in [0.05, 0.1) is 18.8 Å². The first kappa shape index (κ1) is 25.2. The number of aliphatic imine (C=N–C) groups is 1. The van der Waals surface area contributed by atoms with E-state index in [9.17, 15) is 9.90 Å². The fraction of sp³-hybridized carbons (Fsp3) is 0.522. The van der Waals surface area contributed by atoms with E-state index in [0.29, 0.717) is 24.6 Å². The number of benzene rings is 1. The van der Waals surface area contributed by atoms with Crippen LogP contribution in [-0.4, -0.2) is 52.2 Å². The number of aliphatic hydroxyl groups is 1. The molecule has 2 atom stereocenters. The molecule has 1 heterocycles. The second-order valence-electron chi connectivity index (χ2n) is 8.86. The number of rotatable bonds is 8. The van der Waals surface area contributed by atoms with Gasteiger partial charge in [0.2, 0.25) is 0 Å². The van der Waals surface area contributed by atoms with E-state index in [-0.39, 0.29) is 12.6 Å². The highest BCUT2D eigenvalue weighted by Crippen LogP contribution is 2.20. The maximum Gasteiger partial charge on any atom is 0.408 e. The van der Waals surface area contributed by atoms with Crippen LogP contribution in [0, 0.1) is 0 Å². The number of aromatic nitrogens is 2. The fourth-order valence-electron chi connectivity index (χ4n) is 2.95. The molecule has 0 radical (unpaired) electrons. The Labute approximate surface area is 190 Å². The van der Waals surface area contributed by atoms with Crippen LogP contribution in [0.5, 0.6) is 0 Å². The van der Waals surface area contributed by atoms with Crippen LogP contribution in [0.3, 0.4) is 0 Å². The van der Waals surface area contributed by atoms with Crippen molar-refractivity contribution >= 4 is 12.1 Å². The summed E-state index contributed by atoms with van der Waals surface area (Å²) < 4.78 is 7.07. The molecule has 1 aromatic carbocycles. The number of hydrogen-bond acceptors (Lipinski definition) is 5. The predicted molar refractivity (Wildman–Crippen MR) is 125 cm³/mol. The molecule has 0 bridgehead atoms. The van der Waals surface area contributed by atoms with E-state index in [2.05, 4.69) is 26.0 Å². The molecule has 9 heteroatoms. The lowest BCUT2D eigenvalue weighted by molar-refractivity contribution is 0.0504. The Balaban J connectivity index is 2.11. The van der Waals surface area contributed by atoms with Gasteiger partial charge in [-0.1, -0.05) is 30.3 Å². The zero-order chi connectivity index (χ0) is 23.8. The second-order valence-corrected chi connectivity index (χ2v) is 8.86. The Kier molecular flexibility index (Phi) is 8.65. The molecule has 2 aromatic rings. The number of amides is 1. The molecule has 9 nitrogen and oxygen atoms in total. The third-order valence-corrected chi connectivity index (χ3v) is 4.58.